The average molecular weight is 276 g/mol. The molecule has 1 aliphatic carbocycles. The van der Waals surface area contributed by atoms with E-state index in [4.69, 9.17) is 10.5 Å². The summed E-state index contributed by atoms with van der Waals surface area (Å²) < 4.78 is 4.99. The van der Waals surface area contributed by atoms with Crippen LogP contribution in [-0.2, 0) is 16.0 Å². The van der Waals surface area contributed by atoms with Crippen molar-refractivity contribution >= 4 is 5.91 Å². The molecule has 20 heavy (non-hydrogen) atoms. The van der Waals surface area contributed by atoms with Crippen molar-refractivity contribution in [3.63, 3.8) is 0 Å². The lowest BCUT2D eigenvalue weighted by molar-refractivity contribution is -0.134. The maximum Gasteiger partial charge on any atom is 0.239 e. The van der Waals surface area contributed by atoms with E-state index in [1.807, 2.05) is 18.0 Å². The molecule has 1 aliphatic rings. The molecule has 1 aromatic carbocycles. The van der Waals surface area contributed by atoms with Gasteiger partial charge in [0, 0.05) is 20.8 Å². The van der Waals surface area contributed by atoms with E-state index in [0.717, 1.165) is 19.3 Å². The van der Waals surface area contributed by atoms with Gasteiger partial charge in [0.2, 0.25) is 5.91 Å². The van der Waals surface area contributed by atoms with Crippen LogP contribution < -0.4 is 5.73 Å². The molecule has 4 heteroatoms. The van der Waals surface area contributed by atoms with E-state index < -0.39 is 6.04 Å². The molecule has 0 fully saturated rings. The van der Waals surface area contributed by atoms with Gasteiger partial charge in [0.15, 0.2) is 0 Å². The zero-order chi connectivity index (χ0) is 14.5. The van der Waals surface area contributed by atoms with E-state index in [9.17, 15) is 4.79 Å². The van der Waals surface area contributed by atoms with Crippen molar-refractivity contribution in [2.45, 2.75) is 37.8 Å². The Balaban J connectivity index is 2.10. The Bertz CT molecular complexity index is 462. The molecule has 2 unspecified atom stereocenters. The van der Waals surface area contributed by atoms with Crippen LogP contribution in [0.4, 0.5) is 0 Å². The van der Waals surface area contributed by atoms with E-state index in [1.54, 1.807) is 7.11 Å². The Hall–Kier alpha value is -1.39. The molecule has 2 rings (SSSR count). The highest BCUT2D eigenvalue weighted by atomic mass is 16.5. The summed E-state index contributed by atoms with van der Waals surface area (Å²) >= 11 is 0. The van der Waals surface area contributed by atoms with Gasteiger partial charge < -0.3 is 15.4 Å². The second-order valence-electron chi connectivity index (χ2n) is 5.44. The van der Waals surface area contributed by atoms with Crippen molar-refractivity contribution in [2.75, 3.05) is 20.8 Å². The number of aryl methyl sites for hydroxylation is 1. The first kappa shape index (κ1) is 15.0. The maximum atomic E-state index is 12.4. The fraction of sp³-hybridized carbons (Fsp3) is 0.562. The number of fused-ring (bicyclic) bond motifs is 1. The van der Waals surface area contributed by atoms with Crippen LogP contribution in [0, 0.1) is 0 Å². The highest BCUT2D eigenvalue weighted by Gasteiger charge is 2.28. The van der Waals surface area contributed by atoms with E-state index in [2.05, 4.69) is 18.2 Å². The normalized spacial score (nSPS) is 19.2. The zero-order valence-electron chi connectivity index (χ0n) is 12.3. The van der Waals surface area contributed by atoms with Crippen molar-refractivity contribution in [3.8, 4) is 0 Å². The van der Waals surface area contributed by atoms with Crippen LogP contribution in [0.1, 0.15) is 36.4 Å². The SMILES string of the molecule is COCCC(N)C(=O)N(C)C1CCCc2ccccc21. The molecule has 1 amide bonds. The lowest BCUT2D eigenvalue weighted by Gasteiger charge is -2.34. The molecule has 2 atom stereocenters. The molecular weight excluding hydrogens is 252 g/mol. The lowest BCUT2D eigenvalue weighted by Crippen LogP contribution is -2.44. The summed E-state index contributed by atoms with van der Waals surface area (Å²) in [5.74, 6) is 0.00348. The Kier molecular flexibility index (Phi) is 5.15. The molecule has 0 saturated carbocycles. The predicted molar refractivity (Wildman–Crippen MR) is 79.4 cm³/mol. The topological polar surface area (TPSA) is 55.6 Å². The Morgan fingerprint density at radius 3 is 3.00 bits per heavy atom. The number of likely N-dealkylation sites (N-methyl/N-ethyl adjacent to an activating group) is 1. The first-order valence-electron chi connectivity index (χ1n) is 7.24. The number of rotatable bonds is 5. The predicted octanol–water partition coefficient (Wildman–Crippen LogP) is 1.89. The van der Waals surface area contributed by atoms with Crippen molar-refractivity contribution in [3.05, 3.63) is 35.4 Å². The van der Waals surface area contributed by atoms with Crippen LogP contribution in [0.5, 0.6) is 0 Å². The van der Waals surface area contributed by atoms with Gasteiger partial charge in [0.05, 0.1) is 12.1 Å². The van der Waals surface area contributed by atoms with E-state index in [-0.39, 0.29) is 11.9 Å². The van der Waals surface area contributed by atoms with Gasteiger partial charge in [0.25, 0.3) is 0 Å². The fourth-order valence-electron chi connectivity index (χ4n) is 2.91. The summed E-state index contributed by atoms with van der Waals surface area (Å²) in [6, 6.07) is 8.07. The standard InChI is InChI=1S/C16H24N2O2/c1-18(16(19)14(17)10-11-20-2)15-9-5-7-12-6-3-4-8-13(12)15/h3-4,6,8,14-15H,5,7,9-11,17H2,1-2H3. The molecule has 0 aliphatic heterocycles. The first-order valence-corrected chi connectivity index (χ1v) is 7.24. The highest BCUT2D eigenvalue weighted by molar-refractivity contribution is 5.81. The molecule has 0 aromatic heterocycles. The third kappa shape index (κ3) is 3.19. The van der Waals surface area contributed by atoms with E-state index in [1.165, 1.54) is 11.1 Å². The third-order valence-corrected chi connectivity index (χ3v) is 4.10. The van der Waals surface area contributed by atoms with Crippen LogP contribution in [0.15, 0.2) is 24.3 Å². The fourth-order valence-corrected chi connectivity index (χ4v) is 2.91. The molecule has 0 heterocycles. The van der Waals surface area contributed by atoms with Gasteiger partial charge in [-0.15, -0.1) is 0 Å². The van der Waals surface area contributed by atoms with Crippen molar-refractivity contribution < 1.29 is 9.53 Å². The second kappa shape index (κ2) is 6.86. The van der Waals surface area contributed by atoms with Gasteiger partial charge in [-0.3, -0.25) is 4.79 Å². The van der Waals surface area contributed by atoms with Crippen LogP contribution >= 0.6 is 0 Å². The highest BCUT2D eigenvalue weighted by Crippen LogP contribution is 2.33. The summed E-state index contributed by atoms with van der Waals surface area (Å²) in [7, 11) is 3.49. The molecule has 4 nitrogen and oxygen atoms in total. The Morgan fingerprint density at radius 2 is 2.25 bits per heavy atom. The van der Waals surface area contributed by atoms with Gasteiger partial charge in [0.1, 0.15) is 0 Å². The molecular formula is C16H24N2O2. The summed E-state index contributed by atoms with van der Waals surface area (Å²) in [6.45, 7) is 0.516. The number of amides is 1. The molecule has 0 spiro atoms. The monoisotopic (exact) mass is 276 g/mol. The number of benzene rings is 1. The van der Waals surface area contributed by atoms with Gasteiger partial charge >= 0.3 is 0 Å². The Morgan fingerprint density at radius 1 is 1.50 bits per heavy atom. The minimum absolute atomic E-state index is 0.00348. The molecule has 0 saturated heterocycles. The van der Waals surface area contributed by atoms with Crippen molar-refractivity contribution in [1.82, 2.24) is 4.90 Å². The van der Waals surface area contributed by atoms with Crippen LogP contribution in [-0.4, -0.2) is 37.6 Å². The summed E-state index contributed by atoms with van der Waals surface area (Å²) in [5, 5.41) is 0. The number of hydrogen-bond donors (Lipinski definition) is 1. The number of nitrogens with two attached hydrogens (primary N) is 1. The van der Waals surface area contributed by atoms with Gasteiger partial charge in [-0.2, -0.15) is 0 Å². The minimum Gasteiger partial charge on any atom is -0.385 e. The molecule has 0 radical (unpaired) electrons. The summed E-state index contributed by atoms with van der Waals surface area (Å²) in [6.07, 6.45) is 3.79. The maximum absolute atomic E-state index is 12.4. The largest absolute Gasteiger partial charge is 0.385 e. The quantitative estimate of drug-likeness (QED) is 0.893. The second-order valence-corrected chi connectivity index (χ2v) is 5.44. The van der Waals surface area contributed by atoms with Crippen molar-refractivity contribution in [2.24, 2.45) is 5.73 Å². The number of carbonyl (C=O) groups excluding carboxylic acids is 1. The van der Waals surface area contributed by atoms with E-state index in [0.29, 0.717) is 13.0 Å². The molecule has 1 aromatic rings. The Labute approximate surface area is 120 Å². The first-order chi connectivity index (χ1) is 9.65. The number of methoxy groups -OCH3 is 1. The summed E-state index contributed by atoms with van der Waals surface area (Å²) in [5.41, 5.74) is 8.59. The lowest BCUT2D eigenvalue weighted by atomic mass is 9.87. The van der Waals surface area contributed by atoms with Crippen LogP contribution in [0.2, 0.25) is 0 Å². The minimum atomic E-state index is -0.478. The third-order valence-electron chi connectivity index (χ3n) is 4.10. The molecule has 0 bridgehead atoms. The molecule has 2 N–H and O–H groups in total. The van der Waals surface area contributed by atoms with Crippen LogP contribution in [0.25, 0.3) is 0 Å². The smallest absolute Gasteiger partial charge is 0.239 e. The van der Waals surface area contributed by atoms with Crippen LogP contribution in [0.3, 0.4) is 0 Å². The van der Waals surface area contributed by atoms with Crippen molar-refractivity contribution in [1.29, 1.82) is 0 Å². The van der Waals surface area contributed by atoms with Gasteiger partial charge in [-0.1, -0.05) is 24.3 Å². The number of nitrogens with zero attached hydrogens (tertiary/aromatic N) is 1. The van der Waals surface area contributed by atoms with Gasteiger partial charge in [-0.25, -0.2) is 0 Å². The molecule has 110 valence electrons. The number of carbonyl (C=O) groups is 1. The zero-order valence-corrected chi connectivity index (χ0v) is 12.3. The number of hydrogen-bond acceptors (Lipinski definition) is 3. The summed E-state index contributed by atoms with van der Waals surface area (Å²) in [4.78, 5) is 14.2. The average Bonchev–Trinajstić information content (AvgIpc) is 2.50. The van der Waals surface area contributed by atoms with Gasteiger partial charge in [-0.05, 0) is 36.8 Å². The van der Waals surface area contributed by atoms with E-state index >= 15 is 0 Å². The number of ether oxygens (including phenoxy) is 1.